The van der Waals surface area contributed by atoms with Gasteiger partial charge in [0.1, 0.15) is 0 Å². The van der Waals surface area contributed by atoms with Gasteiger partial charge in [0.05, 0.1) is 0 Å². The molecule has 0 heteroatoms. The van der Waals surface area contributed by atoms with E-state index in [1.807, 2.05) is 0 Å². The summed E-state index contributed by atoms with van der Waals surface area (Å²) in [7, 11) is 0. The van der Waals surface area contributed by atoms with Gasteiger partial charge in [0.2, 0.25) is 0 Å². The molecule has 0 atom stereocenters. The van der Waals surface area contributed by atoms with Crippen molar-refractivity contribution in [1.29, 1.82) is 0 Å². The van der Waals surface area contributed by atoms with E-state index in [4.69, 9.17) is 0 Å². The largest absolute Gasteiger partial charge is 0.0830 e. The Morgan fingerprint density at radius 2 is 1.56 bits per heavy atom. The van der Waals surface area contributed by atoms with E-state index in [0.29, 0.717) is 0 Å². The minimum Gasteiger partial charge on any atom is -0.0830 e. The second-order valence-corrected chi connectivity index (χ2v) is 5.79. The van der Waals surface area contributed by atoms with Crippen molar-refractivity contribution in [2.24, 2.45) is 5.41 Å². The van der Waals surface area contributed by atoms with E-state index in [2.05, 4.69) is 38.2 Å². The molecule has 0 heterocycles. The van der Waals surface area contributed by atoms with E-state index in [1.54, 1.807) is 22.3 Å². The molecular weight excluding hydrogens is 216 g/mol. The van der Waals surface area contributed by atoms with Crippen molar-refractivity contribution >= 4 is 0 Å². The average molecular weight is 240 g/mol. The Morgan fingerprint density at radius 1 is 0.944 bits per heavy atom. The number of rotatable bonds is 2. The van der Waals surface area contributed by atoms with Crippen LogP contribution < -0.4 is 0 Å². The average Bonchev–Trinajstić information content (AvgIpc) is 2.67. The number of fused-ring (bicyclic) bond motifs is 1. The van der Waals surface area contributed by atoms with Crippen LogP contribution in [0.2, 0.25) is 0 Å². The quantitative estimate of drug-likeness (QED) is 0.598. The molecule has 0 aromatic carbocycles. The zero-order valence-electron chi connectivity index (χ0n) is 11.8. The Balaban J connectivity index is 2.17. The second kappa shape index (κ2) is 4.57. The molecule has 3 aliphatic rings. The molecule has 1 spiro atoms. The highest BCUT2D eigenvalue weighted by atomic mass is 14.5. The molecular formula is C18H24. The first-order valence-electron chi connectivity index (χ1n) is 7.63. The van der Waals surface area contributed by atoms with Crippen LogP contribution in [-0.2, 0) is 0 Å². The predicted molar refractivity (Wildman–Crippen MR) is 78.4 cm³/mol. The van der Waals surface area contributed by atoms with Gasteiger partial charge in [-0.05, 0) is 56.1 Å². The fraction of sp³-hybridized carbons (Fsp3) is 0.556. The van der Waals surface area contributed by atoms with Gasteiger partial charge in [0, 0.05) is 5.41 Å². The van der Waals surface area contributed by atoms with E-state index >= 15 is 0 Å². The molecule has 96 valence electrons. The summed E-state index contributed by atoms with van der Waals surface area (Å²) in [6.45, 7) is 4.70. The van der Waals surface area contributed by atoms with Crippen LogP contribution in [0.4, 0.5) is 0 Å². The summed E-state index contributed by atoms with van der Waals surface area (Å²) in [5.41, 5.74) is 7.28. The maximum absolute atomic E-state index is 2.49. The van der Waals surface area contributed by atoms with Gasteiger partial charge in [-0.15, -0.1) is 0 Å². The van der Waals surface area contributed by atoms with Gasteiger partial charge in [-0.1, -0.05) is 49.3 Å². The van der Waals surface area contributed by atoms with E-state index < -0.39 is 0 Å². The van der Waals surface area contributed by atoms with Crippen molar-refractivity contribution < 1.29 is 0 Å². The second-order valence-electron chi connectivity index (χ2n) is 5.79. The van der Waals surface area contributed by atoms with E-state index in [-0.39, 0.29) is 5.41 Å². The topological polar surface area (TPSA) is 0 Å². The highest BCUT2D eigenvalue weighted by Crippen LogP contribution is 2.57. The SMILES string of the molecule is CCC1=C2CCCCC2=C(CC)C12C=CC=CC2. The molecule has 0 aromatic heterocycles. The fourth-order valence-electron chi connectivity index (χ4n) is 4.42. The van der Waals surface area contributed by atoms with Gasteiger partial charge in [-0.25, -0.2) is 0 Å². The molecule has 0 amide bonds. The lowest BCUT2D eigenvalue weighted by atomic mass is 9.70. The van der Waals surface area contributed by atoms with Crippen molar-refractivity contribution in [3.63, 3.8) is 0 Å². The summed E-state index contributed by atoms with van der Waals surface area (Å²) >= 11 is 0. The first-order valence-corrected chi connectivity index (χ1v) is 7.63. The first-order chi connectivity index (χ1) is 8.83. The summed E-state index contributed by atoms with van der Waals surface area (Å²) < 4.78 is 0. The van der Waals surface area contributed by atoms with Gasteiger partial charge in [0.25, 0.3) is 0 Å². The van der Waals surface area contributed by atoms with Crippen LogP contribution in [0.3, 0.4) is 0 Å². The molecule has 1 fully saturated rings. The van der Waals surface area contributed by atoms with E-state index in [1.165, 1.54) is 44.9 Å². The molecule has 0 N–H and O–H groups in total. The number of hydrogen-bond donors (Lipinski definition) is 0. The van der Waals surface area contributed by atoms with Crippen molar-refractivity contribution in [2.45, 2.75) is 58.8 Å². The lowest BCUT2D eigenvalue weighted by Gasteiger charge is -2.33. The minimum absolute atomic E-state index is 0.285. The minimum atomic E-state index is 0.285. The third-order valence-corrected chi connectivity index (χ3v) is 5.05. The van der Waals surface area contributed by atoms with E-state index in [0.717, 1.165) is 0 Å². The zero-order chi connectivity index (χ0) is 12.6. The molecule has 1 saturated carbocycles. The van der Waals surface area contributed by atoms with E-state index in [9.17, 15) is 0 Å². The van der Waals surface area contributed by atoms with Gasteiger partial charge >= 0.3 is 0 Å². The summed E-state index contributed by atoms with van der Waals surface area (Å²) in [6, 6.07) is 0. The summed E-state index contributed by atoms with van der Waals surface area (Å²) in [5.74, 6) is 0. The van der Waals surface area contributed by atoms with Crippen molar-refractivity contribution in [3.8, 4) is 0 Å². The Bertz CT molecular complexity index is 438. The summed E-state index contributed by atoms with van der Waals surface area (Å²) in [6.07, 6.45) is 18.4. The standard InChI is InChI=1S/C18H24/c1-3-16-14-10-6-7-11-15(14)17(4-2)18(16)12-8-5-9-13-18/h5,8-9,12H,3-4,6-7,10-11,13H2,1-2H3. The lowest BCUT2D eigenvalue weighted by Crippen LogP contribution is -2.22. The third kappa shape index (κ3) is 1.51. The molecule has 0 radical (unpaired) electrons. The predicted octanol–water partition coefficient (Wildman–Crippen LogP) is 5.49. The number of allylic oxidation sites excluding steroid dienone is 8. The lowest BCUT2D eigenvalue weighted by molar-refractivity contribution is 0.525. The normalized spacial score (nSPS) is 25.2. The molecule has 18 heavy (non-hydrogen) atoms. The van der Waals surface area contributed by atoms with Crippen molar-refractivity contribution in [2.75, 3.05) is 0 Å². The molecule has 0 aromatic rings. The molecule has 0 unspecified atom stereocenters. The maximum Gasteiger partial charge on any atom is 0.0349 e. The highest BCUT2D eigenvalue weighted by molar-refractivity contribution is 5.58. The first kappa shape index (κ1) is 12.0. The van der Waals surface area contributed by atoms with Crippen LogP contribution >= 0.6 is 0 Å². The van der Waals surface area contributed by atoms with Crippen LogP contribution in [0.25, 0.3) is 0 Å². The fourth-order valence-corrected chi connectivity index (χ4v) is 4.42. The molecule has 0 aliphatic heterocycles. The molecule has 0 saturated heterocycles. The van der Waals surface area contributed by atoms with Crippen molar-refractivity contribution in [1.82, 2.24) is 0 Å². The Hall–Kier alpha value is -1.04. The van der Waals surface area contributed by atoms with Crippen LogP contribution in [0, 0.1) is 5.41 Å². The van der Waals surface area contributed by atoms with Crippen LogP contribution in [0.15, 0.2) is 46.6 Å². The monoisotopic (exact) mass is 240 g/mol. The molecule has 0 bridgehead atoms. The van der Waals surface area contributed by atoms with Gasteiger partial charge in [-0.2, -0.15) is 0 Å². The number of hydrogen-bond acceptors (Lipinski definition) is 0. The third-order valence-electron chi connectivity index (χ3n) is 5.05. The Morgan fingerprint density at radius 3 is 2.00 bits per heavy atom. The molecule has 3 aliphatic carbocycles. The molecule has 3 rings (SSSR count). The molecule has 0 nitrogen and oxygen atoms in total. The van der Waals surface area contributed by atoms with Gasteiger partial charge in [0.15, 0.2) is 0 Å². The summed E-state index contributed by atoms with van der Waals surface area (Å²) in [4.78, 5) is 0. The van der Waals surface area contributed by atoms with Crippen LogP contribution in [-0.4, -0.2) is 0 Å². The van der Waals surface area contributed by atoms with Crippen molar-refractivity contribution in [3.05, 3.63) is 46.6 Å². The van der Waals surface area contributed by atoms with Crippen LogP contribution in [0.5, 0.6) is 0 Å². The highest BCUT2D eigenvalue weighted by Gasteiger charge is 2.42. The summed E-state index contributed by atoms with van der Waals surface area (Å²) in [5, 5.41) is 0. The van der Waals surface area contributed by atoms with Crippen LogP contribution in [0.1, 0.15) is 58.8 Å². The Labute approximate surface area is 111 Å². The smallest absolute Gasteiger partial charge is 0.0349 e. The zero-order valence-corrected chi connectivity index (χ0v) is 11.8. The Kier molecular flexibility index (Phi) is 3.05. The van der Waals surface area contributed by atoms with Gasteiger partial charge < -0.3 is 0 Å². The van der Waals surface area contributed by atoms with Gasteiger partial charge in [-0.3, -0.25) is 0 Å². The maximum atomic E-state index is 2.49.